The smallest absolute Gasteiger partial charge is 0.174 e. The lowest BCUT2D eigenvalue weighted by atomic mass is 10.0. The van der Waals surface area contributed by atoms with Crippen molar-refractivity contribution in [2.75, 3.05) is 19.1 Å². The first-order valence-electron chi connectivity index (χ1n) is 10.7. The number of nitrogens with zero attached hydrogens (tertiary/aromatic N) is 3. The van der Waals surface area contributed by atoms with Gasteiger partial charge in [-0.3, -0.25) is 4.98 Å². The zero-order valence-electron chi connectivity index (χ0n) is 18.4. The van der Waals surface area contributed by atoms with Crippen molar-refractivity contribution in [3.8, 4) is 17.2 Å². The summed E-state index contributed by atoms with van der Waals surface area (Å²) in [7, 11) is 3.34. The molecule has 2 atom stereocenters. The third kappa shape index (κ3) is 3.91. The van der Waals surface area contributed by atoms with Gasteiger partial charge in [0.2, 0.25) is 0 Å². The highest BCUT2D eigenvalue weighted by Crippen LogP contribution is 2.42. The Bertz CT molecular complexity index is 1260. The van der Waals surface area contributed by atoms with E-state index in [2.05, 4.69) is 44.2 Å². The highest BCUT2D eigenvalue weighted by Gasteiger charge is 2.42. The van der Waals surface area contributed by atoms with Gasteiger partial charge in [0, 0.05) is 35.5 Å². The molecule has 0 saturated carbocycles. The summed E-state index contributed by atoms with van der Waals surface area (Å²) in [5.41, 5.74) is 4.01. The zero-order chi connectivity index (χ0) is 22.8. The molecule has 0 bridgehead atoms. The molecule has 1 aliphatic rings. The lowest BCUT2D eigenvalue weighted by molar-refractivity contribution is 0.414. The van der Waals surface area contributed by atoms with Crippen LogP contribution in [0.4, 0.5) is 5.69 Å². The van der Waals surface area contributed by atoms with E-state index in [4.69, 9.17) is 21.7 Å². The Morgan fingerprint density at radius 2 is 1.67 bits per heavy atom. The predicted octanol–water partition coefficient (Wildman–Crippen LogP) is 5.07. The second-order valence-corrected chi connectivity index (χ2v) is 8.09. The third-order valence-corrected chi connectivity index (χ3v) is 6.18. The van der Waals surface area contributed by atoms with E-state index in [9.17, 15) is 0 Å². The van der Waals surface area contributed by atoms with Gasteiger partial charge < -0.3 is 24.3 Å². The minimum absolute atomic E-state index is 0.123. The zero-order valence-corrected chi connectivity index (χ0v) is 19.2. The number of aromatic nitrogens is 2. The fourth-order valence-corrected chi connectivity index (χ4v) is 4.65. The first-order chi connectivity index (χ1) is 16.2. The minimum atomic E-state index is -0.125. The van der Waals surface area contributed by atoms with Gasteiger partial charge in [-0.1, -0.05) is 12.1 Å². The molecule has 0 spiro atoms. The lowest BCUT2D eigenvalue weighted by Crippen LogP contribution is -2.30. The van der Waals surface area contributed by atoms with Crippen LogP contribution in [0, 0.1) is 0 Å². The maximum absolute atomic E-state index is 5.84. The first-order valence-corrected chi connectivity index (χ1v) is 11.1. The highest BCUT2D eigenvalue weighted by molar-refractivity contribution is 7.80. The Morgan fingerprint density at radius 1 is 0.848 bits per heavy atom. The Kier molecular flexibility index (Phi) is 5.71. The van der Waals surface area contributed by atoms with E-state index in [0.717, 1.165) is 34.3 Å². The van der Waals surface area contributed by atoms with Gasteiger partial charge in [-0.15, -0.1) is 0 Å². The molecule has 0 unspecified atom stereocenters. The Hall–Kier alpha value is -3.84. The second-order valence-electron chi connectivity index (χ2n) is 7.70. The summed E-state index contributed by atoms with van der Waals surface area (Å²) in [5, 5.41) is 4.16. The van der Waals surface area contributed by atoms with Gasteiger partial charge in [0.15, 0.2) is 5.11 Å². The van der Waals surface area contributed by atoms with E-state index in [1.807, 2.05) is 66.9 Å². The van der Waals surface area contributed by atoms with Crippen molar-refractivity contribution < 1.29 is 9.47 Å². The number of hydrogen-bond acceptors (Lipinski definition) is 4. The molecule has 4 aromatic rings. The van der Waals surface area contributed by atoms with Gasteiger partial charge >= 0.3 is 0 Å². The van der Waals surface area contributed by atoms with E-state index in [0.29, 0.717) is 5.11 Å². The van der Waals surface area contributed by atoms with Crippen LogP contribution in [-0.2, 0) is 0 Å². The largest absolute Gasteiger partial charge is 0.497 e. The van der Waals surface area contributed by atoms with Crippen LogP contribution in [0.5, 0.6) is 11.5 Å². The molecular weight excluding hydrogens is 432 g/mol. The molecule has 1 aliphatic heterocycles. The van der Waals surface area contributed by atoms with E-state index >= 15 is 0 Å². The number of nitrogens with one attached hydrogen (secondary N) is 1. The summed E-state index contributed by atoms with van der Waals surface area (Å²) in [4.78, 5) is 6.80. The summed E-state index contributed by atoms with van der Waals surface area (Å²) in [5.74, 6) is 1.61. The minimum Gasteiger partial charge on any atom is -0.497 e. The van der Waals surface area contributed by atoms with Crippen molar-refractivity contribution in [3.63, 3.8) is 0 Å². The van der Waals surface area contributed by atoms with Gasteiger partial charge in [-0.25, -0.2) is 0 Å². The van der Waals surface area contributed by atoms with E-state index in [1.165, 1.54) is 0 Å². The van der Waals surface area contributed by atoms with Crippen molar-refractivity contribution in [2.24, 2.45) is 0 Å². The number of pyridine rings is 1. The summed E-state index contributed by atoms with van der Waals surface area (Å²) in [6.07, 6.45) is 3.88. The summed E-state index contributed by atoms with van der Waals surface area (Å²) in [6, 6.07) is 25.9. The Balaban J connectivity index is 1.64. The molecule has 1 N–H and O–H groups in total. The van der Waals surface area contributed by atoms with Crippen molar-refractivity contribution in [3.05, 3.63) is 103 Å². The normalized spacial score (nSPS) is 17.6. The number of benzene rings is 2. The number of rotatable bonds is 6. The molecule has 5 rings (SSSR count). The maximum Gasteiger partial charge on any atom is 0.174 e. The van der Waals surface area contributed by atoms with Crippen LogP contribution >= 0.6 is 12.2 Å². The topological polar surface area (TPSA) is 51.5 Å². The second kappa shape index (κ2) is 8.96. The molecule has 1 fully saturated rings. The molecule has 2 aromatic carbocycles. The molecule has 0 amide bonds. The Labute approximate surface area is 198 Å². The Morgan fingerprint density at radius 3 is 2.39 bits per heavy atom. The van der Waals surface area contributed by atoms with Crippen molar-refractivity contribution >= 4 is 23.0 Å². The quantitative estimate of drug-likeness (QED) is 0.409. The fraction of sp³-hybridized carbons (Fsp3) is 0.154. The number of hydrogen-bond donors (Lipinski definition) is 1. The number of ether oxygens (including phenoxy) is 2. The summed E-state index contributed by atoms with van der Waals surface area (Å²) < 4.78 is 13.0. The summed E-state index contributed by atoms with van der Waals surface area (Å²) >= 11 is 5.84. The number of thiocarbonyl (C=S) groups is 1. The van der Waals surface area contributed by atoms with Crippen LogP contribution in [0.25, 0.3) is 5.69 Å². The standard InChI is InChI=1S/C26H24N4O2S/c1-31-20-13-11-18(12-14-20)30-25(24(28-26(30)33)22-9-3-4-15-27-22)23-10-6-16-29(23)19-7-5-8-21(17-19)32-2/h3-17,24-25H,1-2H3,(H,28,33)/t24-,25+/m1/s1. The average molecular weight is 457 g/mol. The molecule has 0 aliphatic carbocycles. The van der Waals surface area contributed by atoms with Crippen LogP contribution in [0.15, 0.2) is 91.3 Å². The SMILES string of the molecule is COc1ccc(N2C(=S)N[C@H](c3ccccn3)[C@@H]2c2cccn2-c2cccc(OC)c2)cc1. The lowest BCUT2D eigenvalue weighted by Gasteiger charge is -2.29. The van der Waals surface area contributed by atoms with Crippen LogP contribution in [-0.4, -0.2) is 28.9 Å². The van der Waals surface area contributed by atoms with Gasteiger partial charge in [0.05, 0.1) is 26.0 Å². The third-order valence-electron chi connectivity index (χ3n) is 5.86. The highest BCUT2D eigenvalue weighted by atomic mass is 32.1. The monoisotopic (exact) mass is 456 g/mol. The van der Waals surface area contributed by atoms with Gasteiger partial charge in [0.25, 0.3) is 0 Å². The van der Waals surface area contributed by atoms with Crippen LogP contribution < -0.4 is 19.7 Å². The molecule has 1 saturated heterocycles. The molecule has 2 aromatic heterocycles. The summed E-state index contributed by atoms with van der Waals surface area (Å²) in [6.45, 7) is 0. The molecule has 33 heavy (non-hydrogen) atoms. The van der Waals surface area contributed by atoms with Crippen molar-refractivity contribution in [2.45, 2.75) is 12.1 Å². The van der Waals surface area contributed by atoms with Crippen molar-refractivity contribution in [1.82, 2.24) is 14.9 Å². The average Bonchev–Trinajstić information content (AvgIpc) is 3.49. The van der Waals surface area contributed by atoms with Gasteiger partial charge in [0.1, 0.15) is 17.5 Å². The molecule has 3 heterocycles. The van der Waals surface area contributed by atoms with Gasteiger partial charge in [-0.05, 0) is 72.9 Å². The first kappa shape index (κ1) is 21.0. The van der Waals surface area contributed by atoms with Gasteiger partial charge in [-0.2, -0.15) is 0 Å². The van der Waals surface area contributed by atoms with Crippen molar-refractivity contribution in [1.29, 1.82) is 0 Å². The molecule has 0 radical (unpaired) electrons. The van der Waals surface area contributed by atoms with E-state index in [1.54, 1.807) is 14.2 Å². The number of anilines is 1. The molecule has 6 nitrogen and oxygen atoms in total. The maximum atomic E-state index is 5.84. The van der Waals surface area contributed by atoms with Crippen LogP contribution in [0.2, 0.25) is 0 Å². The molecule has 166 valence electrons. The molecule has 7 heteroatoms. The predicted molar refractivity (Wildman–Crippen MR) is 133 cm³/mol. The fourth-order valence-electron chi connectivity index (χ4n) is 4.31. The van der Waals surface area contributed by atoms with E-state index in [-0.39, 0.29) is 12.1 Å². The van der Waals surface area contributed by atoms with E-state index < -0.39 is 0 Å². The van der Waals surface area contributed by atoms with Crippen LogP contribution in [0.3, 0.4) is 0 Å². The van der Waals surface area contributed by atoms with Crippen LogP contribution in [0.1, 0.15) is 23.5 Å². The molecular formula is C26H24N4O2S. The number of methoxy groups -OCH3 is 2.